The minimum Gasteiger partial charge on any atom is -0.326 e. The van der Waals surface area contributed by atoms with Crippen molar-refractivity contribution in [3.63, 3.8) is 0 Å². The molecule has 0 aliphatic rings. The van der Waals surface area contributed by atoms with Crippen molar-refractivity contribution in [2.45, 2.75) is 24.8 Å². The predicted octanol–water partition coefficient (Wildman–Crippen LogP) is 4.31. The number of rotatable bonds is 8. The number of nitrogens with zero attached hydrogens (tertiary/aromatic N) is 1. The normalized spacial score (nSPS) is 12.3. The van der Waals surface area contributed by atoms with Gasteiger partial charge in [-0.15, -0.1) is 0 Å². The van der Waals surface area contributed by atoms with Crippen LogP contribution >= 0.6 is 0 Å². The molecule has 0 bridgehead atoms. The van der Waals surface area contributed by atoms with Gasteiger partial charge >= 0.3 is 0 Å². The molecule has 34 heavy (non-hydrogen) atoms. The largest absolute Gasteiger partial charge is 0.326 e. The fourth-order valence-electron chi connectivity index (χ4n) is 3.30. The van der Waals surface area contributed by atoms with Crippen molar-refractivity contribution in [3.05, 3.63) is 90.0 Å². The molecular formula is C24H23F2N3O4S. The first-order valence-corrected chi connectivity index (χ1v) is 11.7. The second kappa shape index (κ2) is 10.5. The summed E-state index contributed by atoms with van der Waals surface area (Å²) in [5, 5.41) is 4.85. The van der Waals surface area contributed by atoms with Gasteiger partial charge in [0.1, 0.15) is 11.6 Å². The second-order valence-electron chi connectivity index (χ2n) is 7.51. The number of hydrogen-bond donors (Lipinski definition) is 2. The van der Waals surface area contributed by atoms with Crippen molar-refractivity contribution >= 4 is 33.2 Å². The quantitative estimate of drug-likeness (QED) is 0.495. The smallest absolute Gasteiger partial charge is 0.244 e. The molecule has 2 N–H and O–H groups in total. The second-order valence-corrected chi connectivity index (χ2v) is 9.41. The molecule has 0 heterocycles. The topological polar surface area (TPSA) is 95.6 Å². The van der Waals surface area contributed by atoms with Crippen LogP contribution in [0.15, 0.2) is 77.7 Å². The van der Waals surface area contributed by atoms with Gasteiger partial charge in [0, 0.05) is 24.7 Å². The Balaban J connectivity index is 1.92. The zero-order valence-corrected chi connectivity index (χ0v) is 19.3. The van der Waals surface area contributed by atoms with Crippen molar-refractivity contribution in [2.24, 2.45) is 0 Å². The van der Waals surface area contributed by atoms with Crippen molar-refractivity contribution < 1.29 is 26.8 Å². The molecule has 0 aromatic heterocycles. The molecule has 0 spiro atoms. The lowest BCUT2D eigenvalue weighted by Gasteiger charge is -2.28. The van der Waals surface area contributed by atoms with Gasteiger partial charge in [-0.2, -0.15) is 4.31 Å². The molecule has 3 aromatic carbocycles. The monoisotopic (exact) mass is 487 g/mol. The van der Waals surface area contributed by atoms with E-state index >= 15 is 0 Å². The van der Waals surface area contributed by atoms with E-state index in [4.69, 9.17) is 0 Å². The maximum absolute atomic E-state index is 14.0. The number of carbonyl (C=O) groups excluding carboxylic acids is 2. The van der Waals surface area contributed by atoms with Crippen LogP contribution in [-0.2, 0) is 19.6 Å². The lowest BCUT2D eigenvalue weighted by molar-refractivity contribution is -0.117. The van der Waals surface area contributed by atoms with E-state index in [1.807, 2.05) is 0 Å². The van der Waals surface area contributed by atoms with Crippen LogP contribution in [0.4, 0.5) is 20.2 Å². The van der Waals surface area contributed by atoms with Gasteiger partial charge in [0.25, 0.3) is 0 Å². The molecule has 3 aromatic rings. The van der Waals surface area contributed by atoms with Crippen LogP contribution in [0, 0.1) is 11.6 Å². The van der Waals surface area contributed by atoms with Gasteiger partial charge in [0.05, 0.1) is 17.1 Å². The molecule has 2 amide bonds. The number of benzene rings is 3. The maximum Gasteiger partial charge on any atom is 0.244 e. The van der Waals surface area contributed by atoms with Crippen molar-refractivity contribution in [3.8, 4) is 0 Å². The summed E-state index contributed by atoms with van der Waals surface area (Å²) in [5.74, 6) is -2.89. The SMILES string of the molecule is CC(=O)Nc1ccc(S(=O)(=O)N(CC(=O)Nc2ccc(F)cc2F)C(C)c2ccccc2)cc1. The number of carbonyl (C=O) groups is 2. The summed E-state index contributed by atoms with van der Waals surface area (Å²) in [7, 11) is -4.19. The first kappa shape index (κ1) is 25.0. The Morgan fingerprint density at radius 2 is 1.59 bits per heavy atom. The summed E-state index contributed by atoms with van der Waals surface area (Å²) in [6, 6.07) is 16.2. The summed E-state index contributed by atoms with van der Waals surface area (Å²) in [5.41, 5.74) is 0.788. The molecule has 3 rings (SSSR count). The zero-order chi connectivity index (χ0) is 24.9. The standard InChI is InChI=1S/C24H23F2N3O4S/c1-16(18-6-4-3-5-7-18)29(15-24(31)28-23-13-8-19(25)14-22(23)26)34(32,33)21-11-9-20(10-12-21)27-17(2)30/h3-14,16H,15H2,1-2H3,(H,27,30)(H,28,31). The summed E-state index contributed by atoms with van der Waals surface area (Å²) < 4.78 is 55.2. The third kappa shape index (κ3) is 6.03. The van der Waals surface area contributed by atoms with Gasteiger partial charge < -0.3 is 10.6 Å². The molecule has 1 atom stereocenters. The van der Waals surface area contributed by atoms with Gasteiger partial charge in [-0.1, -0.05) is 30.3 Å². The Kier molecular flexibility index (Phi) is 7.75. The average Bonchev–Trinajstić information content (AvgIpc) is 2.79. The summed E-state index contributed by atoms with van der Waals surface area (Å²) in [6.45, 7) is 2.34. The maximum atomic E-state index is 14.0. The number of nitrogens with one attached hydrogen (secondary N) is 2. The van der Waals surface area contributed by atoms with Crippen LogP contribution in [0.25, 0.3) is 0 Å². The summed E-state index contributed by atoms with van der Waals surface area (Å²) in [6.07, 6.45) is 0. The van der Waals surface area contributed by atoms with Gasteiger partial charge in [-0.05, 0) is 48.9 Å². The Labute approximate surface area is 196 Å². The fourth-order valence-corrected chi connectivity index (χ4v) is 4.87. The number of sulfonamides is 1. The molecule has 1 unspecified atom stereocenters. The highest BCUT2D eigenvalue weighted by atomic mass is 32.2. The highest BCUT2D eigenvalue weighted by molar-refractivity contribution is 7.89. The van der Waals surface area contributed by atoms with Crippen molar-refractivity contribution in [1.82, 2.24) is 4.31 Å². The fraction of sp³-hybridized carbons (Fsp3) is 0.167. The summed E-state index contributed by atoms with van der Waals surface area (Å²) >= 11 is 0. The number of hydrogen-bond acceptors (Lipinski definition) is 4. The molecular weight excluding hydrogens is 464 g/mol. The van der Waals surface area contributed by atoms with Gasteiger partial charge in [0.15, 0.2) is 0 Å². The molecule has 10 heteroatoms. The van der Waals surface area contributed by atoms with E-state index in [0.717, 1.165) is 16.4 Å². The van der Waals surface area contributed by atoms with E-state index < -0.39 is 40.2 Å². The van der Waals surface area contributed by atoms with E-state index in [0.29, 0.717) is 17.3 Å². The van der Waals surface area contributed by atoms with E-state index in [-0.39, 0.29) is 16.5 Å². The van der Waals surface area contributed by atoms with Gasteiger partial charge in [-0.25, -0.2) is 17.2 Å². The number of halogens is 2. The Bertz CT molecular complexity index is 1280. The summed E-state index contributed by atoms with van der Waals surface area (Å²) in [4.78, 5) is 23.9. The highest BCUT2D eigenvalue weighted by Gasteiger charge is 2.32. The van der Waals surface area contributed by atoms with Crippen LogP contribution in [-0.4, -0.2) is 31.1 Å². The van der Waals surface area contributed by atoms with E-state index in [2.05, 4.69) is 10.6 Å². The third-order valence-corrected chi connectivity index (χ3v) is 6.93. The lowest BCUT2D eigenvalue weighted by atomic mass is 10.1. The minimum atomic E-state index is -4.19. The molecule has 0 aliphatic heterocycles. The van der Waals surface area contributed by atoms with Crippen LogP contribution in [0.1, 0.15) is 25.5 Å². The predicted molar refractivity (Wildman–Crippen MR) is 124 cm³/mol. The molecule has 0 fully saturated rings. The van der Waals surface area contributed by atoms with Crippen LogP contribution in [0.2, 0.25) is 0 Å². The van der Waals surface area contributed by atoms with Gasteiger partial charge in [-0.3, -0.25) is 9.59 Å². The zero-order valence-electron chi connectivity index (χ0n) is 18.5. The lowest BCUT2D eigenvalue weighted by Crippen LogP contribution is -2.39. The molecule has 7 nitrogen and oxygen atoms in total. The first-order chi connectivity index (χ1) is 16.1. The first-order valence-electron chi connectivity index (χ1n) is 10.3. The van der Waals surface area contributed by atoms with E-state index in [1.54, 1.807) is 37.3 Å². The van der Waals surface area contributed by atoms with Crippen LogP contribution in [0.3, 0.4) is 0 Å². The molecule has 178 valence electrons. The van der Waals surface area contributed by atoms with E-state index in [1.165, 1.54) is 31.2 Å². The van der Waals surface area contributed by atoms with Crippen LogP contribution in [0.5, 0.6) is 0 Å². The minimum absolute atomic E-state index is 0.0925. The molecule has 0 saturated carbocycles. The van der Waals surface area contributed by atoms with Crippen molar-refractivity contribution in [1.29, 1.82) is 0 Å². The highest BCUT2D eigenvalue weighted by Crippen LogP contribution is 2.28. The number of amides is 2. The van der Waals surface area contributed by atoms with Crippen molar-refractivity contribution in [2.75, 3.05) is 17.2 Å². The average molecular weight is 488 g/mol. The number of anilines is 2. The molecule has 0 aliphatic carbocycles. The third-order valence-electron chi connectivity index (χ3n) is 5.00. The Hall–Kier alpha value is -3.63. The Morgan fingerprint density at radius 3 is 2.18 bits per heavy atom. The molecule has 0 saturated heterocycles. The molecule has 0 radical (unpaired) electrons. The van der Waals surface area contributed by atoms with Crippen LogP contribution < -0.4 is 10.6 Å². The Morgan fingerprint density at radius 1 is 0.941 bits per heavy atom. The van der Waals surface area contributed by atoms with E-state index in [9.17, 15) is 26.8 Å². The van der Waals surface area contributed by atoms with Gasteiger partial charge in [0.2, 0.25) is 21.8 Å².